The minimum absolute atomic E-state index is 0.0811. The highest BCUT2D eigenvalue weighted by atomic mass is 35.5. The standard InChI is InChI=1S/C19H25ClN4O4/c1-21-17(13-18(26)22(2)19(21)27)24-9-7-23(8-10-24)6-3-11-28-16-12-14(20)4-5-15(16)25/h4-5,12-13,25H,3,6-11H2,1-2H3. The second-order valence-electron chi connectivity index (χ2n) is 6.88. The Bertz CT molecular complexity index is 948. The van der Waals surface area contributed by atoms with E-state index in [4.69, 9.17) is 16.3 Å². The lowest BCUT2D eigenvalue weighted by atomic mass is 10.3. The molecule has 1 aromatic carbocycles. The largest absolute Gasteiger partial charge is 0.504 e. The molecule has 152 valence electrons. The number of ether oxygens (including phenoxy) is 1. The van der Waals surface area contributed by atoms with Crippen LogP contribution in [-0.2, 0) is 14.1 Å². The predicted octanol–water partition coefficient (Wildman–Crippen LogP) is 1.03. The fourth-order valence-electron chi connectivity index (χ4n) is 3.30. The Hall–Kier alpha value is -2.45. The fraction of sp³-hybridized carbons (Fsp3) is 0.474. The van der Waals surface area contributed by atoms with Crippen molar-refractivity contribution < 1.29 is 9.84 Å². The van der Waals surface area contributed by atoms with Crippen molar-refractivity contribution in [2.45, 2.75) is 6.42 Å². The van der Waals surface area contributed by atoms with E-state index in [2.05, 4.69) is 9.80 Å². The maximum atomic E-state index is 12.1. The number of hydrogen-bond acceptors (Lipinski definition) is 6. The van der Waals surface area contributed by atoms with Crippen molar-refractivity contribution in [2.24, 2.45) is 14.1 Å². The predicted molar refractivity (Wildman–Crippen MR) is 109 cm³/mol. The molecule has 1 aliphatic heterocycles. The van der Waals surface area contributed by atoms with Gasteiger partial charge in [-0.3, -0.25) is 18.8 Å². The number of anilines is 1. The Morgan fingerprint density at radius 2 is 1.79 bits per heavy atom. The molecule has 1 aliphatic rings. The number of aromatic nitrogens is 2. The molecule has 0 unspecified atom stereocenters. The van der Waals surface area contributed by atoms with Crippen LogP contribution in [0.4, 0.5) is 5.82 Å². The van der Waals surface area contributed by atoms with Crippen LogP contribution < -0.4 is 20.9 Å². The topological polar surface area (TPSA) is 79.9 Å². The van der Waals surface area contributed by atoms with Gasteiger partial charge in [-0.2, -0.15) is 0 Å². The monoisotopic (exact) mass is 408 g/mol. The normalized spacial score (nSPS) is 15.0. The van der Waals surface area contributed by atoms with E-state index in [0.717, 1.165) is 43.7 Å². The van der Waals surface area contributed by atoms with Crippen LogP contribution in [-0.4, -0.2) is 58.5 Å². The molecule has 3 rings (SSSR count). The van der Waals surface area contributed by atoms with Crippen molar-refractivity contribution in [3.63, 3.8) is 0 Å². The number of rotatable bonds is 6. The van der Waals surface area contributed by atoms with Gasteiger partial charge in [-0.05, 0) is 18.6 Å². The van der Waals surface area contributed by atoms with Crippen molar-refractivity contribution in [3.8, 4) is 11.5 Å². The third-order valence-electron chi connectivity index (χ3n) is 5.00. The van der Waals surface area contributed by atoms with Gasteiger partial charge in [0.1, 0.15) is 5.82 Å². The van der Waals surface area contributed by atoms with E-state index in [9.17, 15) is 14.7 Å². The first kappa shape index (κ1) is 20.3. The van der Waals surface area contributed by atoms with Crippen LogP contribution in [0, 0.1) is 0 Å². The Labute approximate surface area is 168 Å². The third kappa shape index (κ3) is 4.51. The molecular weight excluding hydrogens is 384 g/mol. The molecule has 0 atom stereocenters. The minimum atomic E-state index is -0.314. The minimum Gasteiger partial charge on any atom is -0.504 e. The zero-order chi connectivity index (χ0) is 20.3. The maximum Gasteiger partial charge on any atom is 0.332 e. The molecule has 0 bridgehead atoms. The van der Waals surface area contributed by atoms with Gasteiger partial charge < -0.3 is 14.7 Å². The molecule has 0 aliphatic carbocycles. The second kappa shape index (κ2) is 8.70. The summed E-state index contributed by atoms with van der Waals surface area (Å²) < 4.78 is 8.23. The molecule has 2 aromatic rings. The van der Waals surface area contributed by atoms with Crippen molar-refractivity contribution in [1.82, 2.24) is 14.0 Å². The van der Waals surface area contributed by atoms with E-state index in [1.807, 2.05) is 0 Å². The first-order valence-electron chi connectivity index (χ1n) is 9.22. The van der Waals surface area contributed by atoms with Crippen LogP contribution in [0.3, 0.4) is 0 Å². The number of phenols is 1. The lowest BCUT2D eigenvalue weighted by Gasteiger charge is -2.36. The molecule has 1 aromatic heterocycles. The summed E-state index contributed by atoms with van der Waals surface area (Å²) >= 11 is 5.91. The lowest BCUT2D eigenvalue weighted by Crippen LogP contribution is -2.49. The van der Waals surface area contributed by atoms with Gasteiger partial charge in [-0.15, -0.1) is 0 Å². The molecule has 1 N–H and O–H groups in total. The molecule has 9 heteroatoms. The quantitative estimate of drug-likeness (QED) is 0.719. The van der Waals surface area contributed by atoms with Gasteiger partial charge in [0.25, 0.3) is 5.56 Å². The van der Waals surface area contributed by atoms with Crippen molar-refractivity contribution >= 4 is 17.4 Å². The van der Waals surface area contributed by atoms with Crippen LogP contribution in [0.1, 0.15) is 6.42 Å². The number of hydrogen-bond donors (Lipinski definition) is 1. The van der Waals surface area contributed by atoms with Crippen LogP contribution >= 0.6 is 11.6 Å². The molecule has 8 nitrogen and oxygen atoms in total. The molecule has 2 heterocycles. The molecular formula is C19H25ClN4O4. The van der Waals surface area contributed by atoms with Gasteiger partial charge in [-0.1, -0.05) is 11.6 Å². The molecule has 0 spiro atoms. The van der Waals surface area contributed by atoms with Crippen molar-refractivity contribution in [1.29, 1.82) is 0 Å². The van der Waals surface area contributed by atoms with Gasteiger partial charge in [0, 0.05) is 64.0 Å². The van der Waals surface area contributed by atoms with Crippen LogP contribution in [0.2, 0.25) is 5.02 Å². The molecule has 0 radical (unpaired) electrons. The number of phenolic OH excluding ortho intramolecular Hbond substituents is 1. The summed E-state index contributed by atoms with van der Waals surface area (Å²) in [5, 5.41) is 10.3. The highest BCUT2D eigenvalue weighted by Crippen LogP contribution is 2.28. The zero-order valence-corrected chi connectivity index (χ0v) is 16.9. The average Bonchev–Trinajstić information content (AvgIpc) is 2.69. The van der Waals surface area contributed by atoms with E-state index < -0.39 is 0 Å². The molecule has 28 heavy (non-hydrogen) atoms. The number of aromatic hydroxyl groups is 1. The highest BCUT2D eigenvalue weighted by molar-refractivity contribution is 6.30. The third-order valence-corrected chi connectivity index (χ3v) is 5.23. The Balaban J connectivity index is 1.48. The van der Waals surface area contributed by atoms with Crippen LogP contribution in [0.25, 0.3) is 0 Å². The Morgan fingerprint density at radius 1 is 1.07 bits per heavy atom. The summed E-state index contributed by atoms with van der Waals surface area (Å²) in [5.74, 6) is 1.13. The molecule has 0 amide bonds. The van der Waals surface area contributed by atoms with Crippen LogP contribution in [0.15, 0.2) is 33.9 Å². The summed E-state index contributed by atoms with van der Waals surface area (Å²) in [6.07, 6.45) is 0.816. The van der Waals surface area contributed by atoms with E-state index in [-0.39, 0.29) is 17.0 Å². The first-order valence-corrected chi connectivity index (χ1v) is 9.60. The van der Waals surface area contributed by atoms with Gasteiger partial charge in [-0.25, -0.2) is 4.79 Å². The van der Waals surface area contributed by atoms with E-state index >= 15 is 0 Å². The Morgan fingerprint density at radius 3 is 2.50 bits per heavy atom. The van der Waals surface area contributed by atoms with Crippen molar-refractivity contribution in [2.75, 3.05) is 44.2 Å². The Kier molecular flexibility index (Phi) is 6.31. The van der Waals surface area contributed by atoms with Gasteiger partial charge in [0.2, 0.25) is 0 Å². The summed E-state index contributed by atoms with van der Waals surface area (Å²) in [7, 11) is 3.17. The lowest BCUT2D eigenvalue weighted by molar-refractivity contribution is 0.221. The highest BCUT2D eigenvalue weighted by Gasteiger charge is 2.20. The van der Waals surface area contributed by atoms with E-state index in [0.29, 0.717) is 23.2 Å². The van der Waals surface area contributed by atoms with E-state index in [1.165, 1.54) is 23.7 Å². The summed E-state index contributed by atoms with van der Waals surface area (Å²) in [5.41, 5.74) is -0.603. The smallest absolute Gasteiger partial charge is 0.332 e. The number of benzene rings is 1. The molecule has 1 fully saturated rings. The summed E-state index contributed by atoms with van der Waals surface area (Å²) in [4.78, 5) is 28.4. The van der Waals surface area contributed by atoms with Crippen molar-refractivity contribution in [3.05, 3.63) is 50.1 Å². The van der Waals surface area contributed by atoms with Gasteiger partial charge >= 0.3 is 5.69 Å². The second-order valence-corrected chi connectivity index (χ2v) is 7.32. The zero-order valence-electron chi connectivity index (χ0n) is 16.1. The SMILES string of the molecule is Cn1c(N2CCN(CCCOc3cc(Cl)ccc3O)CC2)cc(=O)n(C)c1=O. The van der Waals surface area contributed by atoms with E-state index in [1.54, 1.807) is 19.2 Å². The van der Waals surface area contributed by atoms with Gasteiger partial charge in [0.05, 0.1) is 6.61 Å². The molecule has 1 saturated heterocycles. The van der Waals surface area contributed by atoms with Crippen LogP contribution in [0.5, 0.6) is 11.5 Å². The summed E-state index contributed by atoms with van der Waals surface area (Å²) in [6.45, 7) is 4.52. The average molecular weight is 409 g/mol. The molecule has 0 saturated carbocycles. The number of halogens is 1. The number of nitrogens with zero attached hydrogens (tertiary/aromatic N) is 4. The first-order chi connectivity index (χ1) is 13.4. The van der Waals surface area contributed by atoms with Gasteiger partial charge in [0.15, 0.2) is 11.5 Å². The maximum absolute atomic E-state index is 12.1. The fourth-order valence-corrected chi connectivity index (χ4v) is 3.46. The summed E-state index contributed by atoms with van der Waals surface area (Å²) in [6, 6.07) is 6.25. The number of piperazine rings is 1.